The van der Waals surface area contributed by atoms with Gasteiger partial charge < -0.3 is 20.3 Å². The van der Waals surface area contributed by atoms with Gasteiger partial charge in [-0.1, -0.05) is 24.6 Å². The van der Waals surface area contributed by atoms with E-state index >= 15 is 0 Å². The van der Waals surface area contributed by atoms with Gasteiger partial charge in [0.25, 0.3) is 0 Å². The van der Waals surface area contributed by atoms with Crippen LogP contribution in [0.15, 0.2) is 29.3 Å². The average molecular weight is 542 g/mol. The van der Waals surface area contributed by atoms with E-state index in [0.717, 1.165) is 25.3 Å². The Labute approximate surface area is 192 Å². The summed E-state index contributed by atoms with van der Waals surface area (Å²) in [6, 6.07) is 5.54. The number of halogens is 4. The molecule has 1 aliphatic carbocycles. The zero-order chi connectivity index (χ0) is 21.5. The van der Waals surface area contributed by atoms with Crippen molar-refractivity contribution in [1.82, 2.24) is 15.5 Å². The fraction of sp³-hybridized carbons (Fsp3) is 0.600. The smallest absolute Gasteiger partial charge is 0.383 e. The van der Waals surface area contributed by atoms with Gasteiger partial charge >= 0.3 is 6.18 Å². The second-order valence-corrected chi connectivity index (χ2v) is 7.44. The molecule has 1 saturated carbocycles. The van der Waals surface area contributed by atoms with Gasteiger partial charge in [0.2, 0.25) is 5.91 Å². The van der Waals surface area contributed by atoms with Gasteiger partial charge in [-0.2, -0.15) is 13.2 Å². The van der Waals surface area contributed by atoms with E-state index in [4.69, 9.17) is 4.74 Å². The van der Waals surface area contributed by atoms with Crippen molar-refractivity contribution >= 4 is 35.8 Å². The number of benzene rings is 1. The van der Waals surface area contributed by atoms with Gasteiger partial charge in [0.05, 0.1) is 12.2 Å². The molecule has 10 heteroatoms. The van der Waals surface area contributed by atoms with Crippen molar-refractivity contribution in [3.8, 4) is 0 Å². The molecule has 0 heterocycles. The Morgan fingerprint density at radius 2 is 1.97 bits per heavy atom. The highest BCUT2D eigenvalue weighted by Crippen LogP contribution is 2.44. The lowest BCUT2D eigenvalue weighted by molar-refractivity contribution is -0.137. The second kappa shape index (κ2) is 11.7. The molecule has 0 unspecified atom stereocenters. The fourth-order valence-electron chi connectivity index (χ4n) is 3.18. The Hall–Kier alpha value is -1.56. The van der Waals surface area contributed by atoms with Crippen LogP contribution in [0.4, 0.5) is 13.2 Å². The number of likely N-dealkylation sites (N-methyl/N-ethyl adjacent to an activating group) is 1. The molecule has 2 rings (SSSR count). The zero-order valence-electron chi connectivity index (χ0n) is 17.5. The minimum absolute atomic E-state index is 0. The lowest BCUT2D eigenvalue weighted by Gasteiger charge is -2.43. The number of rotatable bonds is 8. The minimum Gasteiger partial charge on any atom is -0.383 e. The highest BCUT2D eigenvalue weighted by atomic mass is 127. The molecule has 0 radical (unpaired) electrons. The summed E-state index contributed by atoms with van der Waals surface area (Å²) in [4.78, 5) is 17.6. The summed E-state index contributed by atoms with van der Waals surface area (Å²) < 4.78 is 44.4. The van der Waals surface area contributed by atoms with Crippen molar-refractivity contribution in [2.24, 2.45) is 4.99 Å². The predicted octanol–water partition coefficient (Wildman–Crippen LogP) is 3.01. The number of aliphatic imine (C=N–C) groups is 1. The molecule has 30 heavy (non-hydrogen) atoms. The van der Waals surface area contributed by atoms with Gasteiger partial charge in [-0.3, -0.25) is 4.79 Å². The highest BCUT2D eigenvalue weighted by Gasteiger charge is 2.40. The summed E-state index contributed by atoms with van der Waals surface area (Å²) in [6.07, 6.45) is -1.82. The van der Waals surface area contributed by atoms with Crippen LogP contribution in [0.3, 0.4) is 0 Å². The van der Waals surface area contributed by atoms with Crippen LogP contribution in [0.2, 0.25) is 0 Å². The Morgan fingerprint density at radius 1 is 1.27 bits per heavy atom. The Bertz CT molecular complexity index is 722. The normalized spacial score (nSPS) is 15.6. The van der Waals surface area contributed by atoms with Gasteiger partial charge in [-0.05, 0) is 24.5 Å². The summed E-state index contributed by atoms with van der Waals surface area (Å²) in [5.41, 5.74) is -0.340. The van der Waals surface area contributed by atoms with Crippen LogP contribution in [0.25, 0.3) is 0 Å². The highest BCUT2D eigenvalue weighted by molar-refractivity contribution is 14.0. The molecule has 0 spiro atoms. The number of methoxy groups -OCH3 is 1. The SMILES string of the molecule is COCCNC(=NCC(=O)N(C)C)NCC1(c2cccc(C(F)(F)F)c2)CCC1.I. The quantitative estimate of drug-likeness (QED) is 0.230. The first-order valence-electron chi connectivity index (χ1n) is 9.57. The van der Waals surface area contributed by atoms with Crippen LogP contribution in [-0.4, -0.2) is 64.2 Å². The third-order valence-electron chi connectivity index (χ3n) is 5.18. The van der Waals surface area contributed by atoms with Gasteiger partial charge in [0.15, 0.2) is 5.96 Å². The fourth-order valence-corrected chi connectivity index (χ4v) is 3.18. The molecule has 1 amide bonds. The van der Waals surface area contributed by atoms with E-state index in [2.05, 4.69) is 15.6 Å². The average Bonchev–Trinajstić information content (AvgIpc) is 2.64. The number of hydrogen-bond acceptors (Lipinski definition) is 3. The molecule has 170 valence electrons. The monoisotopic (exact) mass is 542 g/mol. The maximum atomic E-state index is 13.1. The van der Waals surface area contributed by atoms with E-state index in [1.165, 1.54) is 17.0 Å². The van der Waals surface area contributed by atoms with Crippen LogP contribution < -0.4 is 10.6 Å². The van der Waals surface area contributed by atoms with Gasteiger partial charge in [0.1, 0.15) is 6.54 Å². The molecule has 1 fully saturated rings. The van der Waals surface area contributed by atoms with Crippen LogP contribution in [0.1, 0.15) is 30.4 Å². The van der Waals surface area contributed by atoms with Crippen LogP contribution in [0.5, 0.6) is 0 Å². The molecule has 0 atom stereocenters. The number of ether oxygens (including phenoxy) is 1. The first kappa shape index (κ1) is 26.5. The van der Waals surface area contributed by atoms with E-state index in [1.807, 2.05) is 0 Å². The molecule has 1 aliphatic rings. The molecule has 0 saturated heterocycles. The van der Waals surface area contributed by atoms with Crippen molar-refractivity contribution in [1.29, 1.82) is 0 Å². The number of nitrogens with one attached hydrogen (secondary N) is 2. The number of amides is 1. The number of alkyl halides is 3. The van der Waals surface area contributed by atoms with Crippen LogP contribution in [0, 0.1) is 0 Å². The van der Waals surface area contributed by atoms with Crippen molar-refractivity contribution in [2.45, 2.75) is 30.9 Å². The minimum atomic E-state index is -4.37. The van der Waals surface area contributed by atoms with Crippen molar-refractivity contribution < 1.29 is 22.7 Å². The summed E-state index contributed by atoms with van der Waals surface area (Å²) >= 11 is 0. The van der Waals surface area contributed by atoms with Crippen LogP contribution in [-0.2, 0) is 21.1 Å². The van der Waals surface area contributed by atoms with E-state index in [9.17, 15) is 18.0 Å². The lowest BCUT2D eigenvalue weighted by Crippen LogP contribution is -2.49. The maximum absolute atomic E-state index is 13.1. The van der Waals surface area contributed by atoms with Gasteiger partial charge in [-0.15, -0.1) is 24.0 Å². The van der Waals surface area contributed by atoms with Gasteiger partial charge in [-0.25, -0.2) is 4.99 Å². The van der Waals surface area contributed by atoms with E-state index < -0.39 is 11.7 Å². The number of carbonyl (C=O) groups excluding carboxylic acids is 1. The standard InChI is InChI=1S/C20H29F3N4O2.HI/c1-27(2)17(28)13-25-18(24-10-11-29-3)26-14-19(8-5-9-19)15-6-4-7-16(12-15)20(21,22)23;/h4,6-7,12H,5,8-11,13-14H2,1-3H3,(H2,24,25,26);1H. The predicted molar refractivity (Wildman–Crippen MR) is 121 cm³/mol. The molecular formula is C20H30F3IN4O2. The first-order valence-corrected chi connectivity index (χ1v) is 9.57. The van der Waals surface area contributed by atoms with Crippen LogP contribution >= 0.6 is 24.0 Å². The van der Waals surface area contributed by atoms with Crippen molar-refractivity contribution in [3.63, 3.8) is 0 Å². The van der Waals surface area contributed by atoms with E-state index in [1.54, 1.807) is 27.3 Å². The van der Waals surface area contributed by atoms with Gasteiger partial charge in [0, 0.05) is 39.7 Å². The number of carbonyl (C=O) groups is 1. The third kappa shape index (κ3) is 7.29. The van der Waals surface area contributed by atoms with E-state index in [0.29, 0.717) is 31.2 Å². The number of nitrogens with zero attached hydrogens (tertiary/aromatic N) is 2. The number of hydrogen-bond donors (Lipinski definition) is 2. The summed E-state index contributed by atoms with van der Waals surface area (Å²) in [5, 5.41) is 6.29. The Balaban J connectivity index is 0.00000450. The topological polar surface area (TPSA) is 66.0 Å². The third-order valence-corrected chi connectivity index (χ3v) is 5.18. The van der Waals surface area contributed by atoms with Crippen molar-refractivity contribution in [2.75, 3.05) is 47.4 Å². The molecular weight excluding hydrogens is 512 g/mol. The van der Waals surface area contributed by atoms with Crippen molar-refractivity contribution in [3.05, 3.63) is 35.4 Å². The molecule has 1 aromatic rings. The zero-order valence-corrected chi connectivity index (χ0v) is 19.8. The Kier molecular flexibility index (Phi) is 10.4. The largest absolute Gasteiger partial charge is 0.416 e. The molecule has 2 N–H and O–H groups in total. The summed E-state index contributed by atoms with van der Waals surface area (Å²) in [7, 11) is 4.89. The molecule has 0 aromatic heterocycles. The molecule has 1 aromatic carbocycles. The Morgan fingerprint density at radius 3 is 2.50 bits per heavy atom. The molecule has 6 nitrogen and oxygen atoms in total. The first-order chi connectivity index (χ1) is 13.7. The molecule has 0 aliphatic heterocycles. The summed E-state index contributed by atoms with van der Waals surface area (Å²) in [6.45, 7) is 1.37. The second-order valence-electron chi connectivity index (χ2n) is 7.44. The lowest BCUT2D eigenvalue weighted by atomic mass is 9.64. The maximum Gasteiger partial charge on any atom is 0.416 e. The molecule has 0 bridgehead atoms. The van der Waals surface area contributed by atoms with E-state index in [-0.39, 0.29) is 41.8 Å². The number of guanidine groups is 1. The summed E-state index contributed by atoms with van der Waals surface area (Å²) in [5.74, 6) is 0.296.